The van der Waals surface area contributed by atoms with Gasteiger partial charge in [0.15, 0.2) is 0 Å². The van der Waals surface area contributed by atoms with Crippen molar-refractivity contribution in [2.75, 3.05) is 6.61 Å². The first-order chi connectivity index (χ1) is 9.31. The Kier molecular flexibility index (Phi) is 3.06. The Hall–Kier alpha value is -2.49. The maximum absolute atomic E-state index is 11.0. The van der Waals surface area contributed by atoms with Gasteiger partial charge in [-0.05, 0) is 29.8 Å². The standard InChI is InChI=1S/C15H13NO3/c17-15-16-14(10-18-15)11-5-4-8-13(9-11)19-12-6-2-1-3-7-12/h1-9,14H,10H2,(H,16,17)/t14-/m0/s1. The molecule has 1 aliphatic heterocycles. The molecule has 0 saturated carbocycles. The van der Waals surface area contributed by atoms with E-state index >= 15 is 0 Å². The first-order valence-corrected chi connectivity index (χ1v) is 6.07. The van der Waals surface area contributed by atoms with Gasteiger partial charge in [0.25, 0.3) is 0 Å². The third-order valence-electron chi connectivity index (χ3n) is 2.91. The number of nitrogens with one attached hydrogen (secondary N) is 1. The van der Waals surface area contributed by atoms with Crippen molar-refractivity contribution in [3.63, 3.8) is 0 Å². The summed E-state index contributed by atoms with van der Waals surface area (Å²) >= 11 is 0. The number of rotatable bonds is 3. The quantitative estimate of drug-likeness (QED) is 0.915. The molecule has 3 rings (SSSR count). The van der Waals surface area contributed by atoms with Crippen molar-refractivity contribution >= 4 is 6.09 Å². The molecule has 1 saturated heterocycles. The zero-order valence-corrected chi connectivity index (χ0v) is 10.2. The van der Waals surface area contributed by atoms with Crippen LogP contribution in [0.2, 0.25) is 0 Å². The highest BCUT2D eigenvalue weighted by Gasteiger charge is 2.23. The molecule has 4 nitrogen and oxygen atoms in total. The number of alkyl carbamates (subject to hydrolysis) is 1. The largest absolute Gasteiger partial charge is 0.457 e. The number of benzene rings is 2. The van der Waals surface area contributed by atoms with Gasteiger partial charge in [0.2, 0.25) is 0 Å². The molecule has 4 heteroatoms. The molecule has 0 aliphatic carbocycles. The molecule has 96 valence electrons. The molecule has 1 N–H and O–H groups in total. The highest BCUT2D eigenvalue weighted by Crippen LogP contribution is 2.25. The Bertz CT molecular complexity index is 583. The fourth-order valence-corrected chi connectivity index (χ4v) is 1.98. The van der Waals surface area contributed by atoms with Crippen LogP contribution >= 0.6 is 0 Å². The Morgan fingerprint density at radius 1 is 1.05 bits per heavy atom. The van der Waals surface area contributed by atoms with Crippen LogP contribution in [0.15, 0.2) is 54.6 Å². The van der Waals surface area contributed by atoms with Gasteiger partial charge in [-0.25, -0.2) is 4.79 Å². The van der Waals surface area contributed by atoms with Crippen molar-refractivity contribution in [1.29, 1.82) is 0 Å². The van der Waals surface area contributed by atoms with Crippen LogP contribution in [0.5, 0.6) is 11.5 Å². The summed E-state index contributed by atoms with van der Waals surface area (Å²) in [5.74, 6) is 1.52. The summed E-state index contributed by atoms with van der Waals surface area (Å²) in [5, 5.41) is 2.74. The van der Waals surface area contributed by atoms with Gasteiger partial charge in [0.1, 0.15) is 18.1 Å². The van der Waals surface area contributed by atoms with Crippen LogP contribution in [0, 0.1) is 0 Å². The van der Waals surface area contributed by atoms with Gasteiger partial charge in [-0.3, -0.25) is 0 Å². The van der Waals surface area contributed by atoms with Gasteiger partial charge in [-0.1, -0.05) is 30.3 Å². The van der Waals surface area contributed by atoms with Crippen molar-refractivity contribution in [2.24, 2.45) is 0 Å². The zero-order chi connectivity index (χ0) is 13.1. The Balaban J connectivity index is 1.78. The van der Waals surface area contributed by atoms with Gasteiger partial charge in [0.05, 0.1) is 6.04 Å². The fraction of sp³-hybridized carbons (Fsp3) is 0.133. The second-order valence-corrected chi connectivity index (χ2v) is 4.28. The van der Waals surface area contributed by atoms with E-state index in [4.69, 9.17) is 9.47 Å². The fourth-order valence-electron chi connectivity index (χ4n) is 1.98. The van der Waals surface area contributed by atoms with Crippen molar-refractivity contribution in [3.05, 3.63) is 60.2 Å². The number of amides is 1. The summed E-state index contributed by atoms with van der Waals surface area (Å²) < 4.78 is 10.6. The third-order valence-corrected chi connectivity index (χ3v) is 2.91. The average molecular weight is 255 g/mol. The van der Waals surface area contributed by atoms with E-state index < -0.39 is 0 Å². The van der Waals surface area contributed by atoms with E-state index in [2.05, 4.69) is 5.32 Å². The molecule has 2 aromatic carbocycles. The summed E-state index contributed by atoms with van der Waals surface area (Å²) in [4.78, 5) is 11.0. The lowest BCUT2D eigenvalue weighted by molar-refractivity contribution is 0.177. The smallest absolute Gasteiger partial charge is 0.407 e. The van der Waals surface area contributed by atoms with Gasteiger partial charge in [0, 0.05) is 0 Å². The van der Waals surface area contributed by atoms with E-state index in [0.717, 1.165) is 17.1 Å². The first-order valence-electron chi connectivity index (χ1n) is 6.07. The van der Waals surface area contributed by atoms with Crippen LogP contribution in [-0.2, 0) is 4.74 Å². The van der Waals surface area contributed by atoms with E-state index in [1.807, 2.05) is 54.6 Å². The van der Waals surface area contributed by atoms with Gasteiger partial charge in [-0.15, -0.1) is 0 Å². The van der Waals surface area contributed by atoms with Crippen LogP contribution < -0.4 is 10.1 Å². The van der Waals surface area contributed by atoms with Crippen LogP contribution in [0.25, 0.3) is 0 Å². The normalized spacial score (nSPS) is 17.7. The lowest BCUT2D eigenvalue weighted by Gasteiger charge is -2.10. The third kappa shape index (κ3) is 2.68. The minimum absolute atomic E-state index is 0.105. The topological polar surface area (TPSA) is 47.6 Å². The lowest BCUT2D eigenvalue weighted by atomic mass is 10.1. The molecule has 1 atom stereocenters. The number of ether oxygens (including phenoxy) is 2. The predicted molar refractivity (Wildman–Crippen MR) is 70.2 cm³/mol. The maximum Gasteiger partial charge on any atom is 0.407 e. The SMILES string of the molecule is O=C1N[C@H](c2cccc(Oc3ccccc3)c2)CO1. The van der Waals surface area contributed by atoms with Crippen LogP contribution in [0.1, 0.15) is 11.6 Å². The summed E-state index contributed by atoms with van der Waals surface area (Å²) in [6.07, 6.45) is -0.376. The summed E-state index contributed by atoms with van der Waals surface area (Å²) in [7, 11) is 0. The van der Waals surface area contributed by atoms with Crippen molar-refractivity contribution in [3.8, 4) is 11.5 Å². The number of cyclic esters (lactones) is 1. The Morgan fingerprint density at radius 3 is 2.58 bits per heavy atom. The molecule has 19 heavy (non-hydrogen) atoms. The molecule has 0 radical (unpaired) electrons. The monoisotopic (exact) mass is 255 g/mol. The molecule has 1 heterocycles. The number of carbonyl (C=O) groups excluding carboxylic acids is 1. The highest BCUT2D eigenvalue weighted by atomic mass is 16.6. The van der Waals surface area contributed by atoms with Crippen LogP contribution in [-0.4, -0.2) is 12.7 Å². The van der Waals surface area contributed by atoms with Crippen molar-refractivity contribution in [1.82, 2.24) is 5.32 Å². The first kappa shape index (κ1) is 11.6. The van der Waals surface area contributed by atoms with E-state index in [1.165, 1.54) is 0 Å². The second-order valence-electron chi connectivity index (χ2n) is 4.28. The number of para-hydroxylation sites is 1. The lowest BCUT2D eigenvalue weighted by Crippen LogP contribution is -2.18. The molecular formula is C15H13NO3. The van der Waals surface area contributed by atoms with E-state index in [9.17, 15) is 4.79 Å². The Morgan fingerprint density at radius 2 is 1.84 bits per heavy atom. The summed E-state index contributed by atoms with van der Waals surface area (Å²) in [6.45, 7) is 0.355. The molecule has 1 amide bonds. The average Bonchev–Trinajstić information content (AvgIpc) is 2.87. The van der Waals surface area contributed by atoms with Crippen LogP contribution in [0.3, 0.4) is 0 Å². The molecule has 1 fully saturated rings. The molecular weight excluding hydrogens is 242 g/mol. The van der Waals surface area contributed by atoms with E-state index in [0.29, 0.717) is 6.61 Å². The van der Waals surface area contributed by atoms with Gasteiger partial charge in [-0.2, -0.15) is 0 Å². The molecule has 0 aromatic heterocycles. The predicted octanol–water partition coefficient (Wildman–Crippen LogP) is 3.26. The van der Waals surface area contributed by atoms with E-state index in [1.54, 1.807) is 0 Å². The highest BCUT2D eigenvalue weighted by molar-refractivity contribution is 5.70. The number of hydrogen-bond donors (Lipinski definition) is 1. The molecule has 0 bridgehead atoms. The zero-order valence-electron chi connectivity index (χ0n) is 10.2. The number of carbonyl (C=O) groups is 1. The maximum atomic E-state index is 11.0. The minimum atomic E-state index is -0.376. The molecule has 0 unspecified atom stereocenters. The molecule has 2 aromatic rings. The minimum Gasteiger partial charge on any atom is -0.457 e. The molecule has 1 aliphatic rings. The summed E-state index contributed by atoms with van der Waals surface area (Å²) in [5.41, 5.74) is 0.972. The number of hydrogen-bond acceptors (Lipinski definition) is 3. The van der Waals surface area contributed by atoms with Crippen LogP contribution in [0.4, 0.5) is 4.79 Å². The van der Waals surface area contributed by atoms with E-state index in [-0.39, 0.29) is 12.1 Å². The second kappa shape index (κ2) is 5.02. The van der Waals surface area contributed by atoms with Crippen molar-refractivity contribution in [2.45, 2.75) is 6.04 Å². The summed E-state index contributed by atoms with van der Waals surface area (Å²) in [6, 6.07) is 17.1. The van der Waals surface area contributed by atoms with Gasteiger partial charge < -0.3 is 14.8 Å². The Labute approximate surface area is 111 Å². The van der Waals surface area contributed by atoms with Gasteiger partial charge >= 0.3 is 6.09 Å². The van der Waals surface area contributed by atoms with Crippen molar-refractivity contribution < 1.29 is 14.3 Å². The molecule has 0 spiro atoms.